The number of hydrogen-bond donors (Lipinski definition) is 1. The summed E-state index contributed by atoms with van der Waals surface area (Å²) in [5, 5.41) is 3.36. The van der Waals surface area contributed by atoms with Crippen molar-refractivity contribution in [1.29, 1.82) is 0 Å². The van der Waals surface area contributed by atoms with Crippen LogP contribution in [0.3, 0.4) is 0 Å². The van der Waals surface area contributed by atoms with Crippen LogP contribution < -0.4 is 5.32 Å². The van der Waals surface area contributed by atoms with Gasteiger partial charge in [0.15, 0.2) is 0 Å². The van der Waals surface area contributed by atoms with E-state index in [2.05, 4.69) is 24.1 Å². The van der Waals surface area contributed by atoms with E-state index in [4.69, 9.17) is 0 Å². The zero-order chi connectivity index (χ0) is 8.39. The van der Waals surface area contributed by atoms with E-state index in [0.717, 1.165) is 17.8 Å². The van der Waals surface area contributed by atoms with Gasteiger partial charge in [0.25, 0.3) is 0 Å². The van der Waals surface area contributed by atoms with E-state index >= 15 is 0 Å². The van der Waals surface area contributed by atoms with Crippen LogP contribution in [0.2, 0.25) is 0 Å². The summed E-state index contributed by atoms with van der Waals surface area (Å²) in [4.78, 5) is 0. The van der Waals surface area contributed by atoms with Crippen molar-refractivity contribution in [2.75, 3.05) is 25.1 Å². The standard InChI is InChI=1S/C10H19NS/c1-11-6-10(8-2-3-8)9-4-5-12-7-9/h8-11H,2-7H2,1H3. The van der Waals surface area contributed by atoms with Gasteiger partial charge in [-0.2, -0.15) is 11.8 Å². The molecule has 2 rings (SSSR count). The molecule has 1 aliphatic carbocycles. The fourth-order valence-electron chi connectivity index (χ4n) is 2.37. The minimum absolute atomic E-state index is 1.00. The summed E-state index contributed by atoms with van der Waals surface area (Å²) in [7, 11) is 2.09. The van der Waals surface area contributed by atoms with E-state index in [1.165, 1.54) is 37.3 Å². The largest absolute Gasteiger partial charge is 0.319 e. The van der Waals surface area contributed by atoms with Crippen LogP contribution in [0.1, 0.15) is 19.3 Å². The molecule has 1 saturated heterocycles. The molecule has 1 heterocycles. The Morgan fingerprint density at radius 2 is 2.17 bits per heavy atom. The highest BCUT2D eigenvalue weighted by molar-refractivity contribution is 7.99. The Morgan fingerprint density at radius 1 is 1.33 bits per heavy atom. The smallest absolute Gasteiger partial charge is 0.00179 e. The first-order chi connectivity index (χ1) is 5.92. The second-order valence-electron chi connectivity index (χ2n) is 4.18. The maximum Gasteiger partial charge on any atom is -0.00179 e. The number of thioether (sulfide) groups is 1. The summed E-state index contributed by atoms with van der Waals surface area (Å²) >= 11 is 2.15. The molecule has 2 unspecified atom stereocenters. The van der Waals surface area contributed by atoms with Crippen LogP contribution >= 0.6 is 11.8 Å². The Labute approximate surface area is 79.7 Å². The van der Waals surface area contributed by atoms with Crippen molar-refractivity contribution in [2.45, 2.75) is 19.3 Å². The Kier molecular flexibility index (Phi) is 2.97. The highest BCUT2D eigenvalue weighted by Gasteiger charge is 2.36. The van der Waals surface area contributed by atoms with Crippen LogP contribution in [0, 0.1) is 17.8 Å². The van der Waals surface area contributed by atoms with Gasteiger partial charge in [-0.3, -0.25) is 0 Å². The SMILES string of the molecule is CNCC(C1CC1)C1CCSC1. The molecule has 0 spiro atoms. The summed E-state index contributed by atoms with van der Waals surface area (Å²) in [6, 6.07) is 0. The third-order valence-corrected chi connectivity index (χ3v) is 4.43. The molecule has 2 atom stereocenters. The maximum absolute atomic E-state index is 3.36. The molecular weight excluding hydrogens is 166 g/mol. The van der Waals surface area contributed by atoms with Crippen molar-refractivity contribution in [3.05, 3.63) is 0 Å². The zero-order valence-corrected chi connectivity index (χ0v) is 8.70. The van der Waals surface area contributed by atoms with Gasteiger partial charge in [0.05, 0.1) is 0 Å². The molecule has 0 aromatic carbocycles. The average Bonchev–Trinajstić information content (AvgIpc) is 2.77. The Hall–Kier alpha value is 0.310. The van der Waals surface area contributed by atoms with Crippen LogP contribution in [0.4, 0.5) is 0 Å². The lowest BCUT2D eigenvalue weighted by Gasteiger charge is -2.22. The van der Waals surface area contributed by atoms with Crippen molar-refractivity contribution in [1.82, 2.24) is 5.32 Å². The predicted octanol–water partition coefficient (Wildman–Crippen LogP) is 1.99. The molecule has 2 fully saturated rings. The van der Waals surface area contributed by atoms with Crippen molar-refractivity contribution in [3.8, 4) is 0 Å². The van der Waals surface area contributed by atoms with Gasteiger partial charge in [0.2, 0.25) is 0 Å². The molecule has 70 valence electrons. The van der Waals surface area contributed by atoms with Gasteiger partial charge in [-0.25, -0.2) is 0 Å². The topological polar surface area (TPSA) is 12.0 Å². The molecule has 0 radical (unpaired) electrons. The molecule has 2 aliphatic rings. The van der Waals surface area contributed by atoms with Crippen LogP contribution in [-0.4, -0.2) is 25.1 Å². The van der Waals surface area contributed by atoms with Crippen LogP contribution in [0.5, 0.6) is 0 Å². The normalized spacial score (nSPS) is 32.2. The lowest BCUT2D eigenvalue weighted by molar-refractivity contribution is 0.316. The van der Waals surface area contributed by atoms with E-state index in [9.17, 15) is 0 Å². The molecule has 0 aromatic rings. The first-order valence-corrected chi connectivity index (χ1v) is 6.29. The molecule has 12 heavy (non-hydrogen) atoms. The fourth-order valence-corrected chi connectivity index (χ4v) is 3.72. The fraction of sp³-hybridized carbons (Fsp3) is 1.00. The van der Waals surface area contributed by atoms with Gasteiger partial charge in [-0.1, -0.05) is 0 Å². The van der Waals surface area contributed by atoms with E-state index in [0.29, 0.717) is 0 Å². The highest BCUT2D eigenvalue weighted by atomic mass is 32.2. The average molecular weight is 185 g/mol. The Bertz CT molecular complexity index is 139. The van der Waals surface area contributed by atoms with Crippen molar-refractivity contribution in [2.24, 2.45) is 17.8 Å². The quantitative estimate of drug-likeness (QED) is 0.719. The molecule has 2 heteroatoms. The monoisotopic (exact) mass is 185 g/mol. The minimum atomic E-state index is 1.00. The van der Waals surface area contributed by atoms with Crippen molar-refractivity contribution >= 4 is 11.8 Å². The first-order valence-electron chi connectivity index (χ1n) is 5.14. The van der Waals surface area contributed by atoms with E-state index in [1.54, 1.807) is 0 Å². The van der Waals surface area contributed by atoms with Crippen LogP contribution in [0.25, 0.3) is 0 Å². The summed E-state index contributed by atoms with van der Waals surface area (Å²) in [5.74, 6) is 5.97. The molecular formula is C10H19NS. The zero-order valence-electron chi connectivity index (χ0n) is 7.88. The Balaban J connectivity index is 1.85. The summed E-state index contributed by atoms with van der Waals surface area (Å²) < 4.78 is 0. The van der Waals surface area contributed by atoms with E-state index < -0.39 is 0 Å². The second kappa shape index (κ2) is 4.01. The minimum Gasteiger partial charge on any atom is -0.319 e. The van der Waals surface area contributed by atoms with Crippen LogP contribution in [-0.2, 0) is 0 Å². The number of nitrogens with one attached hydrogen (secondary N) is 1. The van der Waals surface area contributed by atoms with Gasteiger partial charge >= 0.3 is 0 Å². The highest BCUT2D eigenvalue weighted by Crippen LogP contribution is 2.44. The molecule has 1 nitrogen and oxygen atoms in total. The lowest BCUT2D eigenvalue weighted by atomic mass is 9.87. The summed E-state index contributed by atoms with van der Waals surface area (Å²) in [5.41, 5.74) is 0. The second-order valence-corrected chi connectivity index (χ2v) is 5.33. The molecule has 1 aliphatic heterocycles. The van der Waals surface area contributed by atoms with Gasteiger partial charge in [-0.05, 0) is 62.1 Å². The summed E-state index contributed by atoms with van der Waals surface area (Å²) in [6.45, 7) is 1.26. The Morgan fingerprint density at radius 3 is 2.67 bits per heavy atom. The lowest BCUT2D eigenvalue weighted by Crippen LogP contribution is -2.27. The molecule has 0 amide bonds. The molecule has 1 N–H and O–H groups in total. The first kappa shape index (κ1) is 8.89. The third-order valence-electron chi connectivity index (χ3n) is 3.24. The summed E-state index contributed by atoms with van der Waals surface area (Å²) in [6.07, 6.45) is 4.49. The molecule has 0 aromatic heterocycles. The van der Waals surface area contributed by atoms with Gasteiger partial charge < -0.3 is 5.32 Å². The van der Waals surface area contributed by atoms with Crippen LogP contribution in [0.15, 0.2) is 0 Å². The molecule has 1 saturated carbocycles. The molecule has 0 bridgehead atoms. The van der Waals surface area contributed by atoms with Gasteiger partial charge in [-0.15, -0.1) is 0 Å². The van der Waals surface area contributed by atoms with Gasteiger partial charge in [0.1, 0.15) is 0 Å². The number of hydrogen-bond acceptors (Lipinski definition) is 2. The van der Waals surface area contributed by atoms with Crippen molar-refractivity contribution in [3.63, 3.8) is 0 Å². The van der Waals surface area contributed by atoms with Gasteiger partial charge in [0, 0.05) is 0 Å². The predicted molar refractivity (Wildman–Crippen MR) is 55.6 cm³/mol. The maximum atomic E-state index is 3.36. The number of rotatable bonds is 4. The third kappa shape index (κ3) is 1.97. The van der Waals surface area contributed by atoms with Crippen molar-refractivity contribution < 1.29 is 0 Å². The van der Waals surface area contributed by atoms with E-state index in [1.807, 2.05) is 0 Å². The van der Waals surface area contributed by atoms with E-state index in [-0.39, 0.29) is 0 Å².